The van der Waals surface area contributed by atoms with Crippen LogP contribution in [0.25, 0.3) is 0 Å². The van der Waals surface area contributed by atoms with E-state index in [1.807, 2.05) is 12.3 Å². The van der Waals surface area contributed by atoms with Crippen molar-refractivity contribution < 1.29 is 0 Å². The van der Waals surface area contributed by atoms with Crippen LogP contribution in [0.15, 0.2) is 42.6 Å². The molecule has 0 amide bonds. The number of aryl methyl sites for hydroxylation is 1. The van der Waals surface area contributed by atoms with Gasteiger partial charge in [-0.2, -0.15) is 0 Å². The molecule has 0 fully saturated rings. The number of nitrogens with zero attached hydrogens (tertiary/aromatic N) is 2. The number of hydrogen-bond donors (Lipinski definition) is 1. The van der Waals surface area contributed by atoms with Gasteiger partial charge in [-0.3, -0.25) is 4.98 Å². The van der Waals surface area contributed by atoms with Crippen LogP contribution >= 0.6 is 0 Å². The summed E-state index contributed by atoms with van der Waals surface area (Å²) in [6.45, 7) is 5.07. The number of hydrogen-bond acceptors (Lipinski definition) is 3. The summed E-state index contributed by atoms with van der Waals surface area (Å²) in [6, 6.07) is 12.7. The maximum absolute atomic E-state index is 5.98. The normalized spacial score (nSPS) is 12.2. The minimum atomic E-state index is 0.0335. The highest BCUT2D eigenvalue weighted by Crippen LogP contribution is 2.18. The first-order valence-corrected chi connectivity index (χ1v) is 7.08. The summed E-state index contributed by atoms with van der Waals surface area (Å²) < 4.78 is 0. The first kappa shape index (κ1) is 14.5. The van der Waals surface area contributed by atoms with E-state index < -0.39 is 0 Å². The average Bonchev–Trinajstić information content (AvgIpc) is 2.46. The lowest BCUT2D eigenvalue weighted by Crippen LogP contribution is -2.17. The quantitative estimate of drug-likeness (QED) is 0.904. The molecule has 1 aromatic carbocycles. The molecule has 20 heavy (non-hydrogen) atoms. The number of benzene rings is 1. The Kier molecular flexibility index (Phi) is 4.74. The summed E-state index contributed by atoms with van der Waals surface area (Å²) in [4.78, 5) is 6.66. The topological polar surface area (TPSA) is 42.1 Å². The lowest BCUT2D eigenvalue weighted by atomic mass is 10.1. The van der Waals surface area contributed by atoms with Crippen LogP contribution in [0.1, 0.15) is 36.2 Å². The van der Waals surface area contributed by atoms with Gasteiger partial charge in [-0.05, 0) is 31.0 Å². The second-order valence-corrected chi connectivity index (χ2v) is 5.30. The van der Waals surface area contributed by atoms with Gasteiger partial charge in [0.1, 0.15) is 0 Å². The van der Waals surface area contributed by atoms with E-state index in [9.17, 15) is 0 Å². The molecular formula is C17H23N3. The molecule has 0 spiro atoms. The van der Waals surface area contributed by atoms with Gasteiger partial charge in [-0.25, -0.2) is 0 Å². The number of anilines is 1. The lowest BCUT2D eigenvalue weighted by molar-refractivity contribution is 0.675. The summed E-state index contributed by atoms with van der Waals surface area (Å²) >= 11 is 0. The largest absolute Gasteiger partial charge is 0.369 e. The molecule has 2 rings (SSSR count). The minimum absolute atomic E-state index is 0.0335. The zero-order valence-electron chi connectivity index (χ0n) is 12.5. The van der Waals surface area contributed by atoms with E-state index in [2.05, 4.69) is 61.1 Å². The third kappa shape index (κ3) is 3.58. The Morgan fingerprint density at radius 3 is 2.65 bits per heavy atom. The summed E-state index contributed by atoms with van der Waals surface area (Å²) in [5, 5.41) is 0. The van der Waals surface area contributed by atoms with Crippen molar-refractivity contribution >= 4 is 5.69 Å². The van der Waals surface area contributed by atoms with Crippen LogP contribution in [0.2, 0.25) is 0 Å². The van der Waals surface area contributed by atoms with Crippen LogP contribution in [0.4, 0.5) is 5.69 Å². The second-order valence-electron chi connectivity index (χ2n) is 5.30. The van der Waals surface area contributed by atoms with E-state index in [4.69, 9.17) is 5.73 Å². The average molecular weight is 269 g/mol. The zero-order chi connectivity index (χ0) is 14.5. The molecule has 0 radical (unpaired) electrons. The summed E-state index contributed by atoms with van der Waals surface area (Å²) in [5.41, 5.74) is 10.7. The standard InChI is InChI=1S/C17H23N3/c1-4-16(18)17-9-8-15(11-19-17)20(3)12-14-7-5-6-13(2)10-14/h5-11,16H,4,12,18H2,1-3H3/t16-/m0/s1. The van der Waals surface area contributed by atoms with Crippen molar-refractivity contribution in [3.8, 4) is 0 Å². The maximum Gasteiger partial charge on any atom is 0.0572 e. The van der Waals surface area contributed by atoms with Gasteiger partial charge < -0.3 is 10.6 Å². The van der Waals surface area contributed by atoms with E-state index in [-0.39, 0.29) is 6.04 Å². The number of nitrogens with two attached hydrogens (primary N) is 1. The van der Waals surface area contributed by atoms with Crippen molar-refractivity contribution in [2.75, 3.05) is 11.9 Å². The third-order valence-electron chi connectivity index (χ3n) is 3.53. The fourth-order valence-corrected chi connectivity index (χ4v) is 2.23. The van der Waals surface area contributed by atoms with Crippen molar-refractivity contribution in [1.82, 2.24) is 4.98 Å². The van der Waals surface area contributed by atoms with Gasteiger partial charge in [-0.15, -0.1) is 0 Å². The molecule has 2 aromatic rings. The molecule has 1 heterocycles. The Bertz CT molecular complexity index is 548. The minimum Gasteiger partial charge on any atom is -0.369 e. The summed E-state index contributed by atoms with van der Waals surface area (Å²) in [5.74, 6) is 0. The van der Waals surface area contributed by atoms with Gasteiger partial charge in [-0.1, -0.05) is 36.8 Å². The Morgan fingerprint density at radius 1 is 1.25 bits per heavy atom. The van der Waals surface area contributed by atoms with Gasteiger partial charge in [0, 0.05) is 19.6 Å². The van der Waals surface area contributed by atoms with E-state index in [0.29, 0.717) is 0 Å². The van der Waals surface area contributed by atoms with Crippen LogP contribution in [0.3, 0.4) is 0 Å². The number of rotatable bonds is 5. The van der Waals surface area contributed by atoms with Gasteiger partial charge in [0.15, 0.2) is 0 Å². The van der Waals surface area contributed by atoms with Gasteiger partial charge >= 0.3 is 0 Å². The summed E-state index contributed by atoms with van der Waals surface area (Å²) in [6.07, 6.45) is 2.81. The highest BCUT2D eigenvalue weighted by molar-refractivity contribution is 5.44. The molecule has 0 aliphatic rings. The Hall–Kier alpha value is -1.87. The number of pyridine rings is 1. The third-order valence-corrected chi connectivity index (χ3v) is 3.53. The molecule has 0 saturated carbocycles. The molecule has 1 atom stereocenters. The fourth-order valence-electron chi connectivity index (χ4n) is 2.23. The van der Waals surface area contributed by atoms with Crippen LogP contribution < -0.4 is 10.6 Å². The highest BCUT2D eigenvalue weighted by atomic mass is 15.1. The predicted octanol–water partition coefficient (Wildman–Crippen LogP) is 3.44. The fraction of sp³-hybridized carbons (Fsp3) is 0.353. The van der Waals surface area contributed by atoms with Gasteiger partial charge in [0.05, 0.1) is 17.6 Å². The molecule has 0 unspecified atom stereocenters. The van der Waals surface area contributed by atoms with Crippen molar-refractivity contribution in [1.29, 1.82) is 0 Å². The van der Waals surface area contributed by atoms with Crippen LogP contribution in [-0.4, -0.2) is 12.0 Å². The molecular weight excluding hydrogens is 246 g/mol. The molecule has 0 saturated heterocycles. The Morgan fingerprint density at radius 2 is 2.05 bits per heavy atom. The van der Waals surface area contributed by atoms with Gasteiger partial charge in [0.25, 0.3) is 0 Å². The van der Waals surface area contributed by atoms with Crippen molar-refractivity contribution in [3.63, 3.8) is 0 Å². The molecule has 106 valence electrons. The Labute approximate surface area is 121 Å². The molecule has 3 heteroatoms. The van der Waals surface area contributed by atoms with E-state index in [1.54, 1.807) is 0 Å². The van der Waals surface area contributed by atoms with E-state index >= 15 is 0 Å². The molecule has 3 nitrogen and oxygen atoms in total. The van der Waals surface area contributed by atoms with Crippen molar-refractivity contribution in [3.05, 3.63) is 59.4 Å². The van der Waals surface area contributed by atoms with Crippen LogP contribution in [0, 0.1) is 6.92 Å². The van der Waals surface area contributed by atoms with Crippen LogP contribution in [0.5, 0.6) is 0 Å². The molecule has 2 N–H and O–H groups in total. The van der Waals surface area contributed by atoms with Crippen molar-refractivity contribution in [2.24, 2.45) is 5.73 Å². The molecule has 0 aliphatic carbocycles. The highest BCUT2D eigenvalue weighted by Gasteiger charge is 2.07. The van der Waals surface area contributed by atoms with E-state index in [1.165, 1.54) is 11.1 Å². The zero-order valence-corrected chi connectivity index (χ0v) is 12.5. The first-order chi connectivity index (χ1) is 9.60. The second kappa shape index (κ2) is 6.53. The van der Waals surface area contributed by atoms with Crippen molar-refractivity contribution in [2.45, 2.75) is 32.9 Å². The smallest absolute Gasteiger partial charge is 0.0572 e. The predicted molar refractivity (Wildman–Crippen MR) is 84.7 cm³/mol. The van der Waals surface area contributed by atoms with Gasteiger partial charge in [0.2, 0.25) is 0 Å². The summed E-state index contributed by atoms with van der Waals surface area (Å²) in [7, 11) is 2.08. The molecule has 0 aliphatic heterocycles. The SMILES string of the molecule is CC[C@H](N)c1ccc(N(C)Cc2cccc(C)c2)cn1. The first-order valence-electron chi connectivity index (χ1n) is 7.08. The monoisotopic (exact) mass is 269 g/mol. The van der Waals surface area contributed by atoms with Crippen LogP contribution in [-0.2, 0) is 6.54 Å². The number of aromatic nitrogens is 1. The lowest BCUT2D eigenvalue weighted by Gasteiger charge is -2.20. The molecule has 1 aromatic heterocycles. The Balaban J connectivity index is 2.07. The van der Waals surface area contributed by atoms with E-state index in [0.717, 1.165) is 24.3 Å². The maximum atomic E-state index is 5.98. The molecule has 0 bridgehead atoms.